The standard InChI is InChI=1S/C13H18N2O3.ClH/c16-11-4-3-9(8-12(11)17)5-7-15-13(18)10-2-1-6-14-10;/h3-4,8,10,14,16-17H,1-2,5-7H2,(H,15,18);1H. The SMILES string of the molecule is Cl.O=C(NCCc1ccc(O)c(O)c1)C1CCCN1. The Hall–Kier alpha value is -1.46. The molecule has 0 aromatic heterocycles. The highest BCUT2D eigenvalue weighted by Crippen LogP contribution is 2.24. The molecule has 1 amide bonds. The van der Waals surface area contributed by atoms with Crippen molar-refractivity contribution in [1.29, 1.82) is 0 Å². The Balaban J connectivity index is 0.00000180. The van der Waals surface area contributed by atoms with Crippen LogP contribution in [0.1, 0.15) is 18.4 Å². The molecule has 1 aliphatic heterocycles. The number of benzene rings is 1. The molecule has 1 fully saturated rings. The van der Waals surface area contributed by atoms with Crippen LogP contribution in [-0.2, 0) is 11.2 Å². The van der Waals surface area contributed by atoms with Gasteiger partial charge in [0.2, 0.25) is 5.91 Å². The van der Waals surface area contributed by atoms with Crippen molar-refractivity contribution in [3.63, 3.8) is 0 Å². The second kappa shape index (κ2) is 7.21. The highest BCUT2D eigenvalue weighted by molar-refractivity contribution is 5.85. The van der Waals surface area contributed by atoms with Crippen LogP contribution in [0.5, 0.6) is 11.5 Å². The first-order valence-electron chi connectivity index (χ1n) is 6.19. The summed E-state index contributed by atoms with van der Waals surface area (Å²) in [5.74, 6) is -0.218. The van der Waals surface area contributed by atoms with E-state index in [1.807, 2.05) is 0 Å². The van der Waals surface area contributed by atoms with E-state index in [4.69, 9.17) is 0 Å². The molecule has 4 N–H and O–H groups in total. The number of rotatable bonds is 4. The van der Waals surface area contributed by atoms with Gasteiger partial charge in [0.05, 0.1) is 6.04 Å². The Labute approximate surface area is 118 Å². The maximum Gasteiger partial charge on any atom is 0.237 e. The number of hydrogen-bond donors (Lipinski definition) is 4. The van der Waals surface area contributed by atoms with E-state index in [2.05, 4.69) is 10.6 Å². The number of nitrogens with one attached hydrogen (secondary N) is 2. The van der Waals surface area contributed by atoms with Crippen molar-refractivity contribution in [2.45, 2.75) is 25.3 Å². The molecule has 1 aliphatic rings. The number of phenols is 2. The molecule has 0 bridgehead atoms. The molecule has 1 saturated heterocycles. The summed E-state index contributed by atoms with van der Waals surface area (Å²) in [5.41, 5.74) is 0.880. The largest absolute Gasteiger partial charge is 0.504 e. The van der Waals surface area contributed by atoms with Gasteiger partial charge in [-0.1, -0.05) is 6.07 Å². The van der Waals surface area contributed by atoms with Crippen molar-refractivity contribution in [3.05, 3.63) is 23.8 Å². The summed E-state index contributed by atoms with van der Waals surface area (Å²) >= 11 is 0. The molecule has 1 aromatic rings. The van der Waals surface area contributed by atoms with Gasteiger partial charge < -0.3 is 20.8 Å². The Morgan fingerprint density at radius 1 is 1.37 bits per heavy atom. The molecule has 19 heavy (non-hydrogen) atoms. The summed E-state index contributed by atoms with van der Waals surface area (Å²) in [6, 6.07) is 4.63. The normalized spacial score (nSPS) is 17.8. The number of amides is 1. The van der Waals surface area contributed by atoms with Gasteiger partial charge in [0.25, 0.3) is 0 Å². The third kappa shape index (κ3) is 4.29. The molecule has 5 nitrogen and oxygen atoms in total. The second-order valence-corrected chi connectivity index (χ2v) is 4.51. The maximum atomic E-state index is 11.7. The number of carbonyl (C=O) groups is 1. The zero-order valence-corrected chi connectivity index (χ0v) is 11.4. The average Bonchev–Trinajstić information content (AvgIpc) is 2.87. The van der Waals surface area contributed by atoms with Crippen molar-refractivity contribution < 1.29 is 15.0 Å². The lowest BCUT2D eigenvalue weighted by atomic mass is 10.1. The highest BCUT2D eigenvalue weighted by atomic mass is 35.5. The van der Waals surface area contributed by atoms with E-state index in [1.165, 1.54) is 12.1 Å². The molecule has 1 atom stereocenters. The Kier molecular flexibility index (Phi) is 5.92. The van der Waals surface area contributed by atoms with Crippen molar-refractivity contribution >= 4 is 18.3 Å². The van der Waals surface area contributed by atoms with Crippen LogP contribution >= 0.6 is 12.4 Å². The minimum absolute atomic E-state index is 0. The summed E-state index contributed by atoms with van der Waals surface area (Å²) in [7, 11) is 0. The molecule has 2 rings (SSSR count). The van der Waals surface area contributed by atoms with Crippen molar-refractivity contribution in [2.75, 3.05) is 13.1 Å². The van der Waals surface area contributed by atoms with E-state index in [0.717, 1.165) is 24.9 Å². The van der Waals surface area contributed by atoms with Gasteiger partial charge in [-0.15, -0.1) is 12.4 Å². The predicted molar refractivity (Wildman–Crippen MR) is 74.8 cm³/mol. The van der Waals surface area contributed by atoms with E-state index < -0.39 is 0 Å². The monoisotopic (exact) mass is 286 g/mol. The van der Waals surface area contributed by atoms with Gasteiger partial charge in [-0.05, 0) is 43.5 Å². The molecule has 6 heteroatoms. The van der Waals surface area contributed by atoms with Gasteiger partial charge in [-0.3, -0.25) is 4.79 Å². The van der Waals surface area contributed by atoms with Crippen LogP contribution in [-0.4, -0.2) is 35.3 Å². The fraction of sp³-hybridized carbons (Fsp3) is 0.462. The maximum absolute atomic E-state index is 11.7. The molecule has 1 heterocycles. The topological polar surface area (TPSA) is 81.6 Å². The summed E-state index contributed by atoms with van der Waals surface area (Å²) in [4.78, 5) is 11.7. The van der Waals surface area contributed by atoms with E-state index in [9.17, 15) is 15.0 Å². The first kappa shape index (κ1) is 15.6. The third-order valence-corrected chi connectivity index (χ3v) is 3.13. The zero-order chi connectivity index (χ0) is 13.0. The third-order valence-electron chi connectivity index (χ3n) is 3.13. The smallest absolute Gasteiger partial charge is 0.237 e. The van der Waals surface area contributed by atoms with Crippen LogP contribution in [0.2, 0.25) is 0 Å². The van der Waals surface area contributed by atoms with Gasteiger partial charge in [0, 0.05) is 6.54 Å². The molecule has 1 unspecified atom stereocenters. The molecule has 0 aliphatic carbocycles. The van der Waals surface area contributed by atoms with E-state index in [-0.39, 0.29) is 35.9 Å². The van der Waals surface area contributed by atoms with Gasteiger partial charge in [-0.25, -0.2) is 0 Å². The average molecular weight is 287 g/mol. The lowest BCUT2D eigenvalue weighted by Crippen LogP contribution is -2.41. The molecular weight excluding hydrogens is 268 g/mol. The van der Waals surface area contributed by atoms with Crippen LogP contribution in [0, 0.1) is 0 Å². The quantitative estimate of drug-likeness (QED) is 0.621. The van der Waals surface area contributed by atoms with Crippen LogP contribution in [0.25, 0.3) is 0 Å². The Morgan fingerprint density at radius 3 is 2.79 bits per heavy atom. The van der Waals surface area contributed by atoms with Gasteiger partial charge in [0.1, 0.15) is 0 Å². The summed E-state index contributed by atoms with van der Waals surface area (Å²) in [6.07, 6.45) is 2.57. The van der Waals surface area contributed by atoms with Gasteiger partial charge in [-0.2, -0.15) is 0 Å². The first-order valence-corrected chi connectivity index (χ1v) is 6.19. The summed E-state index contributed by atoms with van der Waals surface area (Å²) in [6.45, 7) is 1.44. The Morgan fingerprint density at radius 2 is 2.16 bits per heavy atom. The molecular formula is C13H19ClN2O3. The van der Waals surface area contributed by atoms with Gasteiger partial charge >= 0.3 is 0 Å². The predicted octanol–water partition coefficient (Wildman–Crippen LogP) is 0.930. The van der Waals surface area contributed by atoms with E-state index in [0.29, 0.717) is 13.0 Å². The van der Waals surface area contributed by atoms with Crippen LogP contribution in [0.3, 0.4) is 0 Å². The fourth-order valence-corrected chi connectivity index (χ4v) is 2.09. The van der Waals surface area contributed by atoms with Crippen LogP contribution in [0.4, 0.5) is 0 Å². The Bertz CT molecular complexity index is 434. The first-order chi connectivity index (χ1) is 8.66. The van der Waals surface area contributed by atoms with Crippen molar-refractivity contribution in [1.82, 2.24) is 10.6 Å². The van der Waals surface area contributed by atoms with E-state index in [1.54, 1.807) is 6.07 Å². The molecule has 0 spiro atoms. The number of aromatic hydroxyl groups is 2. The minimum Gasteiger partial charge on any atom is -0.504 e. The molecule has 1 aromatic carbocycles. The number of phenolic OH excluding ortho intramolecular Hbond substituents is 2. The fourth-order valence-electron chi connectivity index (χ4n) is 2.09. The van der Waals surface area contributed by atoms with Crippen LogP contribution in [0.15, 0.2) is 18.2 Å². The van der Waals surface area contributed by atoms with Crippen molar-refractivity contribution in [3.8, 4) is 11.5 Å². The van der Waals surface area contributed by atoms with Crippen molar-refractivity contribution in [2.24, 2.45) is 0 Å². The lowest BCUT2D eigenvalue weighted by Gasteiger charge is -2.11. The lowest BCUT2D eigenvalue weighted by molar-refractivity contribution is -0.122. The highest BCUT2D eigenvalue weighted by Gasteiger charge is 2.21. The summed E-state index contributed by atoms with van der Waals surface area (Å²) in [5, 5.41) is 24.5. The molecule has 0 saturated carbocycles. The summed E-state index contributed by atoms with van der Waals surface area (Å²) < 4.78 is 0. The molecule has 106 valence electrons. The van der Waals surface area contributed by atoms with Crippen LogP contribution < -0.4 is 10.6 Å². The van der Waals surface area contributed by atoms with E-state index >= 15 is 0 Å². The zero-order valence-electron chi connectivity index (χ0n) is 10.6. The number of halogens is 1. The number of hydrogen-bond acceptors (Lipinski definition) is 4. The number of carbonyl (C=O) groups excluding carboxylic acids is 1. The van der Waals surface area contributed by atoms with Gasteiger partial charge in [0.15, 0.2) is 11.5 Å². The molecule has 0 radical (unpaired) electrons. The second-order valence-electron chi connectivity index (χ2n) is 4.51. The minimum atomic E-state index is -0.128.